The summed E-state index contributed by atoms with van der Waals surface area (Å²) in [4.78, 5) is 23.2. The minimum Gasteiger partial charge on any atom is -0.465 e. The summed E-state index contributed by atoms with van der Waals surface area (Å²) in [5.74, 6) is -0.644. The van der Waals surface area contributed by atoms with Crippen LogP contribution >= 0.6 is 23.2 Å². The molecular formula is C12H13BCl2O3. The molecule has 0 bridgehead atoms. The maximum absolute atomic E-state index is 11.7. The van der Waals surface area contributed by atoms with Crippen LogP contribution in [0.4, 0.5) is 0 Å². The number of carbonyl (C=O) groups is 2. The maximum atomic E-state index is 11.7. The molecule has 0 radical (unpaired) electrons. The molecule has 0 fully saturated rings. The van der Waals surface area contributed by atoms with E-state index in [0.717, 1.165) is 0 Å². The number of ether oxygens (including phenoxy) is 1. The molecule has 0 aromatic heterocycles. The van der Waals surface area contributed by atoms with Crippen molar-refractivity contribution in [2.24, 2.45) is 0 Å². The Balaban J connectivity index is 3.18. The van der Waals surface area contributed by atoms with Crippen LogP contribution in [0, 0.1) is 0 Å². The van der Waals surface area contributed by atoms with Crippen LogP contribution in [0.1, 0.15) is 22.8 Å². The SMILES string of the molecule is BC(C)C(=O)Cc1c(Cl)ccc(C(=O)OC)c1Cl. The Kier molecular flexibility index (Phi) is 5.23. The first-order valence-electron chi connectivity index (χ1n) is 5.46. The van der Waals surface area contributed by atoms with Crippen LogP contribution in [-0.2, 0) is 16.0 Å². The van der Waals surface area contributed by atoms with Crippen LogP contribution in [0.3, 0.4) is 0 Å². The van der Waals surface area contributed by atoms with Crippen LogP contribution in [-0.4, -0.2) is 26.7 Å². The lowest BCUT2D eigenvalue weighted by atomic mass is 9.83. The molecule has 0 aliphatic heterocycles. The highest BCUT2D eigenvalue weighted by Gasteiger charge is 2.19. The standard InChI is InChI=1S/C12H13BCl2O3/c1-6(13)10(16)5-8-9(14)4-3-7(11(8)15)12(17)18-2/h3-4,6H,5,13H2,1-2H3. The van der Waals surface area contributed by atoms with Gasteiger partial charge in [-0.05, 0) is 23.5 Å². The lowest BCUT2D eigenvalue weighted by molar-refractivity contribution is -0.118. The zero-order valence-electron chi connectivity index (χ0n) is 10.4. The highest BCUT2D eigenvalue weighted by Crippen LogP contribution is 2.30. The van der Waals surface area contributed by atoms with Gasteiger partial charge in [0.05, 0.1) is 17.7 Å². The summed E-state index contributed by atoms with van der Waals surface area (Å²) in [6.07, 6.45) is 0.111. The molecule has 0 saturated carbocycles. The molecule has 0 heterocycles. The van der Waals surface area contributed by atoms with E-state index in [0.29, 0.717) is 10.6 Å². The molecule has 0 N–H and O–H groups in total. The number of halogens is 2. The van der Waals surface area contributed by atoms with Crippen molar-refractivity contribution < 1.29 is 14.3 Å². The van der Waals surface area contributed by atoms with Gasteiger partial charge in [0.25, 0.3) is 0 Å². The first-order chi connectivity index (χ1) is 8.38. The molecule has 18 heavy (non-hydrogen) atoms. The normalized spacial score (nSPS) is 12.0. The van der Waals surface area contributed by atoms with Crippen LogP contribution in [0.25, 0.3) is 0 Å². The van der Waals surface area contributed by atoms with Gasteiger partial charge in [0, 0.05) is 11.4 Å². The average molecular weight is 287 g/mol. The fourth-order valence-electron chi connectivity index (χ4n) is 1.41. The maximum Gasteiger partial charge on any atom is 0.339 e. The van der Waals surface area contributed by atoms with Gasteiger partial charge in [-0.2, -0.15) is 0 Å². The first kappa shape index (κ1) is 15.1. The van der Waals surface area contributed by atoms with E-state index in [1.807, 2.05) is 0 Å². The van der Waals surface area contributed by atoms with Gasteiger partial charge in [0.1, 0.15) is 13.6 Å². The molecule has 0 spiro atoms. The minimum atomic E-state index is -0.546. The zero-order valence-corrected chi connectivity index (χ0v) is 11.9. The largest absolute Gasteiger partial charge is 0.465 e. The van der Waals surface area contributed by atoms with E-state index >= 15 is 0 Å². The molecule has 6 heteroatoms. The second-order valence-electron chi connectivity index (χ2n) is 4.18. The quantitative estimate of drug-likeness (QED) is 0.630. The molecule has 1 aromatic rings. The number of hydrogen-bond donors (Lipinski definition) is 0. The van der Waals surface area contributed by atoms with Crippen LogP contribution in [0.15, 0.2) is 12.1 Å². The highest BCUT2D eigenvalue weighted by molar-refractivity contribution is 6.38. The predicted molar refractivity (Wildman–Crippen MR) is 74.5 cm³/mol. The Hall–Kier alpha value is -0.995. The molecule has 1 aromatic carbocycles. The van der Waals surface area contributed by atoms with Gasteiger partial charge in [-0.25, -0.2) is 4.79 Å². The van der Waals surface area contributed by atoms with Crippen LogP contribution in [0.2, 0.25) is 15.9 Å². The van der Waals surface area contributed by atoms with E-state index in [1.54, 1.807) is 20.8 Å². The third kappa shape index (κ3) is 3.27. The van der Waals surface area contributed by atoms with Crippen molar-refractivity contribution in [3.63, 3.8) is 0 Å². The van der Waals surface area contributed by atoms with Crippen molar-refractivity contribution >= 4 is 42.8 Å². The molecule has 96 valence electrons. The van der Waals surface area contributed by atoms with Crippen molar-refractivity contribution in [2.75, 3.05) is 7.11 Å². The molecule has 1 rings (SSSR count). The van der Waals surface area contributed by atoms with E-state index in [2.05, 4.69) is 4.74 Å². The van der Waals surface area contributed by atoms with E-state index < -0.39 is 5.97 Å². The summed E-state index contributed by atoms with van der Waals surface area (Å²) in [6.45, 7) is 1.80. The molecule has 0 amide bonds. The summed E-state index contributed by atoms with van der Waals surface area (Å²) in [5, 5.41) is 0.560. The average Bonchev–Trinajstić information content (AvgIpc) is 2.33. The summed E-state index contributed by atoms with van der Waals surface area (Å²) < 4.78 is 4.61. The smallest absolute Gasteiger partial charge is 0.339 e. The number of benzene rings is 1. The summed E-state index contributed by atoms with van der Waals surface area (Å²) >= 11 is 12.1. The number of methoxy groups -OCH3 is 1. The van der Waals surface area contributed by atoms with Gasteiger partial charge in [-0.15, -0.1) is 0 Å². The fraction of sp³-hybridized carbons (Fsp3) is 0.333. The Bertz CT molecular complexity index is 486. The van der Waals surface area contributed by atoms with Crippen molar-refractivity contribution in [3.05, 3.63) is 33.3 Å². The number of hydrogen-bond acceptors (Lipinski definition) is 3. The van der Waals surface area contributed by atoms with Crippen molar-refractivity contribution in [2.45, 2.75) is 19.2 Å². The van der Waals surface area contributed by atoms with Gasteiger partial charge in [0.2, 0.25) is 0 Å². The zero-order chi connectivity index (χ0) is 13.9. The topological polar surface area (TPSA) is 43.4 Å². The van der Waals surface area contributed by atoms with E-state index in [4.69, 9.17) is 23.2 Å². The van der Waals surface area contributed by atoms with Crippen molar-refractivity contribution in [1.82, 2.24) is 0 Å². The number of rotatable bonds is 4. The van der Waals surface area contributed by atoms with Gasteiger partial charge in [-0.3, -0.25) is 4.79 Å². The van der Waals surface area contributed by atoms with Crippen LogP contribution < -0.4 is 0 Å². The highest BCUT2D eigenvalue weighted by atomic mass is 35.5. The third-order valence-corrected chi connectivity index (χ3v) is 3.37. The Labute approximate surface area is 117 Å². The lowest BCUT2D eigenvalue weighted by Crippen LogP contribution is -2.11. The Morgan fingerprint density at radius 2 is 2.00 bits per heavy atom. The van der Waals surface area contributed by atoms with Gasteiger partial charge in [-0.1, -0.05) is 30.1 Å². The predicted octanol–water partition coefficient (Wildman–Crippen LogP) is 2.33. The molecule has 1 atom stereocenters. The lowest BCUT2D eigenvalue weighted by Gasteiger charge is -2.11. The number of esters is 1. The molecular weight excluding hydrogens is 274 g/mol. The summed E-state index contributed by atoms with van der Waals surface area (Å²) in [6, 6.07) is 3.03. The first-order valence-corrected chi connectivity index (χ1v) is 6.22. The Morgan fingerprint density at radius 1 is 1.39 bits per heavy atom. The van der Waals surface area contributed by atoms with Gasteiger partial charge in [0.15, 0.2) is 0 Å². The number of Topliss-reactive ketones (excluding diaryl/α,β-unsaturated/α-hetero) is 1. The minimum absolute atomic E-state index is 0.0146. The summed E-state index contributed by atoms with van der Waals surface area (Å²) in [7, 11) is 3.07. The molecule has 0 aliphatic rings. The molecule has 0 saturated heterocycles. The van der Waals surface area contributed by atoms with Gasteiger partial charge >= 0.3 is 5.97 Å². The van der Waals surface area contributed by atoms with E-state index in [9.17, 15) is 9.59 Å². The van der Waals surface area contributed by atoms with E-state index in [-0.39, 0.29) is 28.6 Å². The van der Waals surface area contributed by atoms with Gasteiger partial charge < -0.3 is 4.74 Å². The fourth-order valence-corrected chi connectivity index (χ4v) is 1.99. The monoisotopic (exact) mass is 286 g/mol. The number of carbonyl (C=O) groups excluding carboxylic acids is 2. The summed E-state index contributed by atoms with van der Waals surface area (Å²) in [5.41, 5.74) is 0.690. The Morgan fingerprint density at radius 3 is 2.50 bits per heavy atom. The van der Waals surface area contributed by atoms with Crippen LogP contribution in [0.5, 0.6) is 0 Å². The molecule has 3 nitrogen and oxygen atoms in total. The number of ketones is 1. The third-order valence-electron chi connectivity index (χ3n) is 2.59. The van der Waals surface area contributed by atoms with Crippen molar-refractivity contribution in [1.29, 1.82) is 0 Å². The van der Waals surface area contributed by atoms with Crippen molar-refractivity contribution in [3.8, 4) is 0 Å². The molecule has 1 unspecified atom stereocenters. The molecule has 0 aliphatic carbocycles. The second kappa shape index (κ2) is 6.25. The second-order valence-corrected chi connectivity index (χ2v) is 4.96. The van der Waals surface area contributed by atoms with E-state index in [1.165, 1.54) is 13.2 Å².